The zero-order valence-electron chi connectivity index (χ0n) is 14.4. The minimum atomic E-state index is -0.873. The van der Waals surface area contributed by atoms with Crippen LogP contribution in [-0.4, -0.2) is 66.9 Å². The van der Waals surface area contributed by atoms with Gasteiger partial charge in [-0.2, -0.15) is 5.26 Å². The molecule has 2 heterocycles. The average molecular weight is 375 g/mol. The zero-order valence-corrected chi connectivity index (χ0v) is 15.1. The number of ether oxygens (including phenoxy) is 1. The molecule has 0 bridgehead atoms. The second-order valence-corrected chi connectivity index (χ2v) is 6.76. The van der Waals surface area contributed by atoms with E-state index in [1.165, 1.54) is 0 Å². The van der Waals surface area contributed by atoms with Crippen molar-refractivity contribution in [1.29, 1.82) is 5.26 Å². The number of likely N-dealkylation sites (N-methyl/N-ethyl adjacent to an activating group) is 1. The Hall–Kier alpha value is -2.40. The van der Waals surface area contributed by atoms with Gasteiger partial charge in [-0.05, 0) is 25.2 Å². The number of carboxylic acid groups (broad SMARTS) is 1. The van der Waals surface area contributed by atoms with Gasteiger partial charge in [-0.3, -0.25) is 14.7 Å². The highest BCUT2D eigenvalue weighted by molar-refractivity contribution is 6.31. The average Bonchev–Trinajstić information content (AvgIpc) is 2.60. The fraction of sp³-hybridized carbons (Fsp3) is 0.389. The van der Waals surface area contributed by atoms with Gasteiger partial charge in [0.25, 0.3) is 0 Å². The van der Waals surface area contributed by atoms with Crippen molar-refractivity contribution in [3.05, 3.63) is 35.0 Å². The fourth-order valence-electron chi connectivity index (χ4n) is 3.25. The number of hydrogen-bond donors (Lipinski definition) is 1. The molecule has 136 valence electrons. The third kappa shape index (κ3) is 4.05. The van der Waals surface area contributed by atoms with Gasteiger partial charge >= 0.3 is 5.97 Å². The monoisotopic (exact) mass is 374 g/mol. The molecule has 26 heavy (non-hydrogen) atoms. The van der Waals surface area contributed by atoms with Crippen LogP contribution in [0.15, 0.2) is 24.4 Å². The first-order valence-electron chi connectivity index (χ1n) is 8.23. The summed E-state index contributed by atoms with van der Waals surface area (Å²) in [5, 5.41) is 19.9. The van der Waals surface area contributed by atoms with E-state index in [4.69, 9.17) is 21.4 Å². The normalized spacial score (nSPS) is 17.5. The van der Waals surface area contributed by atoms with Crippen LogP contribution in [0.5, 0.6) is 0 Å². The highest BCUT2D eigenvalue weighted by atomic mass is 35.5. The van der Waals surface area contributed by atoms with E-state index >= 15 is 0 Å². The summed E-state index contributed by atoms with van der Waals surface area (Å²) in [4.78, 5) is 19.0. The summed E-state index contributed by atoms with van der Waals surface area (Å²) in [5.74, 6) is -0.873. The Kier molecular flexibility index (Phi) is 5.57. The SMILES string of the molecule is CN(CC(=O)O)CC1CN(c2c(C#N)cnc3ccc(Cl)cc23)CCO1. The summed E-state index contributed by atoms with van der Waals surface area (Å²) in [6.07, 6.45) is 1.43. The maximum Gasteiger partial charge on any atom is 0.317 e. The molecule has 1 fully saturated rings. The summed E-state index contributed by atoms with van der Waals surface area (Å²) in [6.45, 7) is 2.15. The Morgan fingerprint density at radius 3 is 3.12 bits per heavy atom. The molecule has 1 saturated heterocycles. The van der Waals surface area contributed by atoms with Crippen LogP contribution in [0.3, 0.4) is 0 Å². The number of hydrogen-bond acceptors (Lipinski definition) is 6. The second kappa shape index (κ2) is 7.87. The summed E-state index contributed by atoms with van der Waals surface area (Å²) in [6, 6.07) is 7.64. The highest BCUT2D eigenvalue weighted by Crippen LogP contribution is 2.32. The number of benzene rings is 1. The maximum atomic E-state index is 10.9. The molecular weight excluding hydrogens is 356 g/mol. The van der Waals surface area contributed by atoms with Gasteiger partial charge in [0.15, 0.2) is 0 Å². The molecule has 1 aliphatic heterocycles. The number of rotatable bonds is 5. The van der Waals surface area contributed by atoms with E-state index in [0.717, 1.165) is 16.6 Å². The molecule has 3 rings (SSSR count). The predicted octanol–water partition coefficient (Wildman–Crippen LogP) is 1.98. The minimum absolute atomic E-state index is 0.0445. The quantitative estimate of drug-likeness (QED) is 0.855. The van der Waals surface area contributed by atoms with Crippen molar-refractivity contribution in [2.45, 2.75) is 6.10 Å². The Bertz CT molecular complexity index is 867. The van der Waals surface area contributed by atoms with Crippen LogP contribution < -0.4 is 4.90 Å². The molecule has 7 nitrogen and oxygen atoms in total. The van der Waals surface area contributed by atoms with Gasteiger partial charge in [-0.15, -0.1) is 0 Å². The number of anilines is 1. The zero-order chi connectivity index (χ0) is 18.7. The molecule has 1 unspecified atom stereocenters. The van der Waals surface area contributed by atoms with Gasteiger partial charge < -0.3 is 14.7 Å². The third-order valence-electron chi connectivity index (χ3n) is 4.30. The lowest BCUT2D eigenvalue weighted by atomic mass is 10.1. The van der Waals surface area contributed by atoms with Crippen molar-refractivity contribution in [3.8, 4) is 6.07 Å². The second-order valence-electron chi connectivity index (χ2n) is 6.32. The molecule has 1 aliphatic rings. The van der Waals surface area contributed by atoms with Crippen molar-refractivity contribution in [3.63, 3.8) is 0 Å². The van der Waals surface area contributed by atoms with Crippen molar-refractivity contribution in [2.75, 3.05) is 44.7 Å². The van der Waals surface area contributed by atoms with Gasteiger partial charge in [-0.25, -0.2) is 0 Å². The van der Waals surface area contributed by atoms with E-state index in [-0.39, 0.29) is 12.6 Å². The number of nitrogens with zero attached hydrogens (tertiary/aromatic N) is 4. The molecule has 1 atom stereocenters. The largest absolute Gasteiger partial charge is 0.480 e. The standard InChI is InChI=1S/C18H19ClN4O3/c1-22(11-17(24)25)9-14-10-23(4-5-26-14)18-12(7-20)8-21-16-3-2-13(19)6-15(16)18/h2-3,6,8,14H,4-5,9-11H2,1H3,(H,24,25). The molecule has 8 heteroatoms. The Balaban J connectivity index is 1.89. The molecule has 1 N–H and O–H groups in total. The Morgan fingerprint density at radius 1 is 1.58 bits per heavy atom. The van der Waals surface area contributed by atoms with Crippen LogP contribution >= 0.6 is 11.6 Å². The van der Waals surface area contributed by atoms with Crippen LogP contribution in [0, 0.1) is 11.3 Å². The lowest BCUT2D eigenvalue weighted by Gasteiger charge is -2.36. The van der Waals surface area contributed by atoms with E-state index in [1.54, 1.807) is 24.2 Å². The van der Waals surface area contributed by atoms with Crippen LogP contribution in [0.1, 0.15) is 5.56 Å². The maximum absolute atomic E-state index is 10.9. The number of halogens is 1. The lowest BCUT2D eigenvalue weighted by Crippen LogP contribution is -2.48. The number of fused-ring (bicyclic) bond motifs is 1. The van der Waals surface area contributed by atoms with Gasteiger partial charge in [0, 0.05) is 36.2 Å². The Labute approximate surface area is 156 Å². The van der Waals surface area contributed by atoms with Gasteiger partial charge in [0.2, 0.25) is 0 Å². The first kappa shape index (κ1) is 18.4. The predicted molar refractivity (Wildman–Crippen MR) is 98.6 cm³/mol. The van der Waals surface area contributed by atoms with E-state index < -0.39 is 5.97 Å². The number of aromatic nitrogens is 1. The summed E-state index contributed by atoms with van der Waals surface area (Å²) in [5.41, 5.74) is 2.06. The number of aliphatic carboxylic acids is 1. The number of carbonyl (C=O) groups is 1. The highest BCUT2D eigenvalue weighted by Gasteiger charge is 2.25. The number of morpholine rings is 1. The summed E-state index contributed by atoms with van der Waals surface area (Å²) >= 11 is 6.15. The fourth-order valence-corrected chi connectivity index (χ4v) is 3.42. The number of pyridine rings is 1. The molecule has 0 saturated carbocycles. The van der Waals surface area contributed by atoms with Crippen LogP contribution in [0.25, 0.3) is 10.9 Å². The van der Waals surface area contributed by atoms with Gasteiger partial charge in [-0.1, -0.05) is 11.6 Å². The lowest BCUT2D eigenvalue weighted by molar-refractivity contribution is -0.138. The van der Waals surface area contributed by atoms with E-state index in [2.05, 4.69) is 16.0 Å². The molecule has 0 aliphatic carbocycles. The van der Waals surface area contributed by atoms with Crippen LogP contribution in [0.2, 0.25) is 5.02 Å². The molecule has 0 radical (unpaired) electrons. The van der Waals surface area contributed by atoms with Gasteiger partial charge in [0.1, 0.15) is 6.07 Å². The molecule has 0 amide bonds. The molecule has 1 aromatic heterocycles. The first-order chi connectivity index (χ1) is 12.5. The molecular formula is C18H19ClN4O3. The van der Waals surface area contributed by atoms with Gasteiger partial charge in [0.05, 0.1) is 36.0 Å². The van der Waals surface area contributed by atoms with Crippen molar-refractivity contribution < 1.29 is 14.6 Å². The molecule has 1 aromatic carbocycles. The topological polar surface area (TPSA) is 89.7 Å². The van der Waals surface area contributed by atoms with Crippen LogP contribution in [0.4, 0.5) is 5.69 Å². The third-order valence-corrected chi connectivity index (χ3v) is 4.53. The first-order valence-corrected chi connectivity index (χ1v) is 8.61. The van der Waals surface area contributed by atoms with E-state index in [9.17, 15) is 10.1 Å². The minimum Gasteiger partial charge on any atom is -0.480 e. The van der Waals surface area contributed by atoms with Crippen molar-refractivity contribution in [1.82, 2.24) is 9.88 Å². The number of carboxylic acids is 1. The van der Waals surface area contributed by atoms with E-state index in [0.29, 0.717) is 36.8 Å². The summed E-state index contributed by atoms with van der Waals surface area (Å²) in [7, 11) is 1.75. The van der Waals surface area contributed by atoms with E-state index in [1.807, 2.05) is 12.1 Å². The smallest absolute Gasteiger partial charge is 0.317 e. The van der Waals surface area contributed by atoms with Crippen molar-refractivity contribution in [2.24, 2.45) is 0 Å². The Morgan fingerprint density at radius 2 is 2.38 bits per heavy atom. The van der Waals surface area contributed by atoms with Crippen LogP contribution in [-0.2, 0) is 9.53 Å². The number of nitriles is 1. The molecule has 0 spiro atoms. The molecule has 2 aromatic rings. The van der Waals surface area contributed by atoms with Crippen molar-refractivity contribution >= 4 is 34.2 Å². The summed E-state index contributed by atoms with van der Waals surface area (Å²) < 4.78 is 5.79.